The van der Waals surface area contributed by atoms with Crippen molar-refractivity contribution in [2.24, 2.45) is 0 Å². The van der Waals surface area contributed by atoms with Crippen molar-refractivity contribution in [3.05, 3.63) is 59.2 Å². The van der Waals surface area contributed by atoms with Gasteiger partial charge < -0.3 is 4.74 Å². The van der Waals surface area contributed by atoms with Gasteiger partial charge in [0.1, 0.15) is 11.9 Å². The number of rotatable bonds is 3. The van der Waals surface area contributed by atoms with E-state index in [0.29, 0.717) is 11.1 Å². The largest absolute Gasteiger partial charge is 0.456 e. The average molecular weight is 296 g/mol. The van der Waals surface area contributed by atoms with E-state index in [9.17, 15) is 9.59 Å². The Morgan fingerprint density at radius 2 is 1.64 bits per heavy atom. The molecule has 0 aliphatic rings. The molecule has 114 valence electrons. The highest BCUT2D eigenvalue weighted by atomic mass is 16.6. The third-order valence-electron chi connectivity index (χ3n) is 3.09. The smallest absolute Gasteiger partial charge is 0.338 e. The zero-order chi connectivity index (χ0) is 16.3. The number of hydrogen-bond acceptors (Lipinski definition) is 3. The maximum Gasteiger partial charge on any atom is 0.338 e. The van der Waals surface area contributed by atoms with Crippen LogP contribution in [0.25, 0.3) is 11.1 Å². The second-order valence-electron chi connectivity index (χ2n) is 6.33. The van der Waals surface area contributed by atoms with Crippen molar-refractivity contribution in [2.75, 3.05) is 0 Å². The van der Waals surface area contributed by atoms with Crippen molar-refractivity contribution in [2.45, 2.75) is 33.3 Å². The first kappa shape index (κ1) is 16.0. The van der Waals surface area contributed by atoms with Crippen LogP contribution >= 0.6 is 0 Å². The molecule has 2 rings (SSSR count). The monoisotopic (exact) mass is 296 g/mol. The summed E-state index contributed by atoms with van der Waals surface area (Å²) in [6, 6.07) is 12.9. The van der Waals surface area contributed by atoms with Gasteiger partial charge in [-0.2, -0.15) is 0 Å². The van der Waals surface area contributed by atoms with E-state index in [1.54, 1.807) is 12.1 Å². The normalized spacial score (nSPS) is 11.1. The van der Waals surface area contributed by atoms with E-state index in [1.807, 2.05) is 58.0 Å². The summed E-state index contributed by atoms with van der Waals surface area (Å²) >= 11 is 0. The van der Waals surface area contributed by atoms with Crippen LogP contribution < -0.4 is 0 Å². The molecule has 2 aromatic rings. The van der Waals surface area contributed by atoms with Gasteiger partial charge in [0.2, 0.25) is 0 Å². The SMILES string of the molecule is Cc1cc(C=O)cc(-c2ccc(C(=O)OC(C)(C)C)cc2)c1. The molecule has 0 fully saturated rings. The van der Waals surface area contributed by atoms with Gasteiger partial charge in [-0.1, -0.05) is 18.2 Å². The van der Waals surface area contributed by atoms with Crippen LogP contribution in [0.3, 0.4) is 0 Å². The van der Waals surface area contributed by atoms with Gasteiger partial charge in [-0.15, -0.1) is 0 Å². The Bertz CT molecular complexity index is 692. The van der Waals surface area contributed by atoms with E-state index in [0.717, 1.165) is 23.0 Å². The molecule has 0 amide bonds. The molecule has 0 aliphatic heterocycles. The van der Waals surface area contributed by atoms with Crippen LogP contribution in [0.2, 0.25) is 0 Å². The first-order valence-electron chi connectivity index (χ1n) is 7.19. The molecule has 0 saturated carbocycles. The van der Waals surface area contributed by atoms with E-state index in [1.165, 1.54) is 0 Å². The zero-order valence-electron chi connectivity index (χ0n) is 13.3. The van der Waals surface area contributed by atoms with Gasteiger partial charge in [0, 0.05) is 5.56 Å². The lowest BCUT2D eigenvalue weighted by atomic mass is 9.99. The number of hydrogen-bond donors (Lipinski definition) is 0. The van der Waals surface area contributed by atoms with Gasteiger partial charge in [0.15, 0.2) is 0 Å². The number of esters is 1. The van der Waals surface area contributed by atoms with Gasteiger partial charge in [-0.25, -0.2) is 4.79 Å². The third-order valence-corrected chi connectivity index (χ3v) is 3.09. The summed E-state index contributed by atoms with van der Waals surface area (Å²) < 4.78 is 5.34. The highest BCUT2D eigenvalue weighted by Gasteiger charge is 2.17. The molecular weight excluding hydrogens is 276 g/mol. The van der Waals surface area contributed by atoms with E-state index >= 15 is 0 Å². The Balaban J connectivity index is 2.27. The highest BCUT2D eigenvalue weighted by molar-refractivity contribution is 5.90. The van der Waals surface area contributed by atoms with Crippen molar-refractivity contribution >= 4 is 12.3 Å². The summed E-state index contributed by atoms with van der Waals surface area (Å²) in [7, 11) is 0. The summed E-state index contributed by atoms with van der Waals surface area (Å²) in [5.41, 5.74) is 3.59. The predicted molar refractivity (Wildman–Crippen MR) is 87.2 cm³/mol. The molecule has 0 aliphatic carbocycles. The van der Waals surface area contributed by atoms with Crippen LogP contribution in [-0.2, 0) is 4.74 Å². The minimum atomic E-state index is -0.509. The molecule has 0 spiro atoms. The quantitative estimate of drug-likeness (QED) is 0.621. The number of carbonyl (C=O) groups is 2. The molecule has 22 heavy (non-hydrogen) atoms. The summed E-state index contributed by atoms with van der Waals surface area (Å²) in [4.78, 5) is 23.0. The zero-order valence-corrected chi connectivity index (χ0v) is 13.3. The van der Waals surface area contributed by atoms with Crippen LogP contribution in [0, 0.1) is 6.92 Å². The van der Waals surface area contributed by atoms with Crippen molar-refractivity contribution in [1.29, 1.82) is 0 Å². The third kappa shape index (κ3) is 4.04. The maximum absolute atomic E-state index is 12.0. The average Bonchev–Trinajstić information content (AvgIpc) is 2.45. The second kappa shape index (κ2) is 6.14. The summed E-state index contributed by atoms with van der Waals surface area (Å²) in [5, 5.41) is 0. The van der Waals surface area contributed by atoms with E-state index in [-0.39, 0.29) is 5.97 Å². The lowest BCUT2D eigenvalue weighted by Gasteiger charge is -2.19. The van der Waals surface area contributed by atoms with Crippen LogP contribution in [0.1, 0.15) is 47.1 Å². The Morgan fingerprint density at radius 3 is 2.18 bits per heavy atom. The Kier molecular flexibility index (Phi) is 4.45. The molecule has 0 heterocycles. The van der Waals surface area contributed by atoms with Gasteiger partial charge in [-0.05, 0) is 68.7 Å². The van der Waals surface area contributed by atoms with E-state index in [4.69, 9.17) is 4.74 Å². The summed E-state index contributed by atoms with van der Waals surface area (Å²) in [6.07, 6.45) is 0.839. The molecule has 0 unspecified atom stereocenters. The Labute approximate surface area is 130 Å². The molecule has 0 aromatic heterocycles. The van der Waals surface area contributed by atoms with Gasteiger partial charge in [-0.3, -0.25) is 4.79 Å². The van der Waals surface area contributed by atoms with Gasteiger partial charge in [0.05, 0.1) is 5.56 Å². The predicted octanol–water partition coefficient (Wildman–Crippen LogP) is 4.43. The molecule has 3 heteroatoms. The minimum absolute atomic E-state index is 0.336. The van der Waals surface area contributed by atoms with Crippen LogP contribution in [-0.4, -0.2) is 17.9 Å². The summed E-state index contributed by atoms with van der Waals surface area (Å²) in [6.45, 7) is 7.47. The minimum Gasteiger partial charge on any atom is -0.456 e. The first-order valence-corrected chi connectivity index (χ1v) is 7.19. The molecule has 0 N–H and O–H groups in total. The number of carbonyl (C=O) groups excluding carboxylic acids is 2. The molecule has 0 bridgehead atoms. The molecule has 0 saturated heterocycles. The Hall–Kier alpha value is -2.42. The fourth-order valence-electron chi connectivity index (χ4n) is 2.18. The van der Waals surface area contributed by atoms with Crippen molar-refractivity contribution in [3.63, 3.8) is 0 Å². The number of aryl methyl sites for hydroxylation is 1. The fraction of sp³-hybridized carbons (Fsp3) is 0.263. The second-order valence-corrected chi connectivity index (χ2v) is 6.33. The molecule has 0 atom stereocenters. The lowest BCUT2D eigenvalue weighted by molar-refractivity contribution is 0.00695. The van der Waals surface area contributed by atoms with Gasteiger partial charge >= 0.3 is 5.97 Å². The lowest BCUT2D eigenvalue weighted by Crippen LogP contribution is -2.23. The topological polar surface area (TPSA) is 43.4 Å². The molecular formula is C19H20O3. The fourth-order valence-corrected chi connectivity index (χ4v) is 2.18. The van der Waals surface area contributed by atoms with Crippen LogP contribution in [0.15, 0.2) is 42.5 Å². The molecule has 0 radical (unpaired) electrons. The first-order chi connectivity index (χ1) is 10.3. The number of aldehydes is 1. The van der Waals surface area contributed by atoms with Crippen LogP contribution in [0.5, 0.6) is 0 Å². The van der Waals surface area contributed by atoms with Crippen LogP contribution in [0.4, 0.5) is 0 Å². The van der Waals surface area contributed by atoms with E-state index < -0.39 is 5.60 Å². The standard InChI is InChI=1S/C19H20O3/c1-13-9-14(12-20)11-17(10-13)15-5-7-16(8-6-15)18(21)22-19(2,3)4/h5-12H,1-4H3. The Morgan fingerprint density at radius 1 is 1.00 bits per heavy atom. The molecule has 3 nitrogen and oxygen atoms in total. The van der Waals surface area contributed by atoms with Crippen molar-refractivity contribution in [3.8, 4) is 11.1 Å². The number of benzene rings is 2. The maximum atomic E-state index is 12.0. The molecule has 2 aromatic carbocycles. The van der Waals surface area contributed by atoms with E-state index in [2.05, 4.69) is 0 Å². The van der Waals surface area contributed by atoms with Crippen molar-refractivity contribution < 1.29 is 14.3 Å². The summed E-state index contributed by atoms with van der Waals surface area (Å²) in [5.74, 6) is -0.336. The van der Waals surface area contributed by atoms with Crippen molar-refractivity contribution in [1.82, 2.24) is 0 Å². The number of ether oxygens (including phenoxy) is 1. The highest BCUT2D eigenvalue weighted by Crippen LogP contribution is 2.23. The van der Waals surface area contributed by atoms with Gasteiger partial charge in [0.25, 0.3) is 0 Å².